The third kappa shape index (κ3) is 6.41. The topological polar surface area (TPSA) is 64.1 Å². The number of carbonyl (C=O) groups excluding carboxylic acids is 2. The van der Waals surface area contributed by atoms with Gasteiger partial charge in [-0.15, -0.1) is 0 Å². The van der Waals surface area contributed by atoms with Crippen LogP contribution in [0.4, 0.5) is 18.9 Å². The second-order valence-electron chi connectivity index (χ2n) is 11.2. The van der Waals surface area contributed by atoms with Gasteiger partial charge in [0.1, 0.15) is 0 Å². The zero-order chi connectivity index (χ0) is 29.1. The maximum absolute atomic E-state index is 14.0. The van der Waals surface area contributed by atoms with Crippen LogP contribution >= 0.6 is 11.6 Å². The van der Waals surface area contributed by atoms with Crippen LogP contribution in [0, 0.1) is 11.8 Å². The fraction of sp³-hybridized carbons (Fsp3) is 0.533. The van der Waals surface area contributed by atoms with Gasteiger partial charge in [-0.25, -0.2) is 0 Å². The van der Waals surface area contributed by atoms with Crippen molar-refractivity contribution in [2.45, 2.75) is 50.3 Å². The molecule has 4 rings (SSSR count). The molecule has 1 N–H and O–H groups in total. The SMILES string of the molecule is CN(C)C(=O)c1ccc(N2CCC(CC3CCCN(C(=O)C(O)(c4ccccc4)C(F)(F)F)CC3)CC2)cc1Cl. The summed E-state index contributed by atoms with van der Waals surface area (Å²) in [6.45, 7) is 2.11. The number of carbonyl (C=O) groups is 2. The van der Waals surface area contributed by atoms with Gasteiger partial charge in [-0.05, 0) is 68.6 Å². The molecule has 2 aliphatic heterocycles. The van der Waals surface area contributed by atoms with Crippen LogP contribution < -0.4 is 4.90 Å². The Balaban J connectivity index is 1.32. The third-order valence-corrected chi connectivity index (χ3v) is 8.59. The van der Waals surface area contributed by atoms with Crippen LogP contribution in [0.1, 0.15) is 54.4 Å². The summed E-state index contributed by atoms with van der Waals surface area (Å²) >= 11 is 6.40. The molecule has 2 unspecified atom stereocenters. The van der Waals surface area contributed by atoms with E-state index in [9.17, 15) is 27.9 Å². The summed E-state index contributed by atoms with van der Waals surface area (Å²) in [4.78, 5) is 30.3. The summed E-state index contributed by atoms with van der Waals surface area (Å²) in [5.74, 6) is -0.625. The lowest BCUT2D eigenvalue weighted by Crippen LogP contribution is -2.55. The van der Waals surface area contributed by atoms with E-state index in [4.69, 9.17) is 11.6 Å². The van der Waals surface area contributed by atoms with Crippen molar-refractivity contribution in [3.05, 3.63) is 64.7 Å². The maximum atomic E-state index is 14.0. The van der Waals surface area contributed by atoms with E-state index in [0.29, 0.717) is 35.3 Å². The minimum Gasteiger partial charge on any atom is -0.371 e. The summed E-state index contributed by atoms with van der Waals surface area (Å²) in [7, 11) is 3.38. The molecule has 0 radical (unpaired) electrons. The Hall–Kier alpha value is -2.78. The van der Waals surface area contributed by atoms with Crippen LogP contribution in [-0.2, 0) is 10.4 Å². The van der Waals surface area contributed by atoms with Crippen molar-refractivity contribution in [1.82, 2.24) is 9.80 Å². The molecule has 218 valence electrons. The highest BCUT2D eigenvalue weighted by Gasteiger charge is 2.62. The Kier molecular flexibility index (Phi) is 9.35. The molecule has 0 aliphatic carbocycles. The average molecular weight is 580 g/mol. The van der Waals surface area contributed by atoms with E-state index >= 15 is 0 Å². The van der Waals surface area contributed by atoms with Gasteiger partial charge >= 0.3 is 6.18 Å². The van der Waals surface area contributed by atoms with Crippen LogP contribution in [0.25, 0.3) is 0 Å². The number of hydrogen-bond donors (Lipinski definition) is 1. The first-order valence-corrected chi connectivity index (χ1v) is 14.2. The molecule has 0 bridgehead atoms. The lowest BCUT2D eigenvalue weighted by molar-refractivity contribution is -0.261. The highest BCUT2D eigenvalue weighted by atomic mass is 35.5. The highest BCUT2D eigenvalue weighted by molar-refractivity contribution is 6.34. The second kappa shape index (κ2) is 12.4. The molecule has 2 amide bonds. The second-order valence-corrected chi connectivity index (χ2v) is 11.6. The fourth-order valence-electron chi connectivity index (χ4n) is 5.93. The van der Waals surface area contributed by atoms with E-state index in [1.54, 1.807) is 26.2 Å². The van der Waals surface area contributed by atoms with Crippen LogP contribution in [-0.4, -0.2) is 73.2 Å². The summed E-state index contributed by atoms with van der Waals surface area (Å²) in [6, 6.07) is 12.1. The molecule has 6 nitrogen and oxygen atoms in total. The predicted octanol–water partition coefficient (Wildman–Crippen LogP) is 5.73. The van der Waals surface area contributed by atoms with Gasteiger partial charge in [0.05, 0.1) is 10.6 Å². The minimum absolute atomic E-state index is 0.137. The number of piperidine rings is 1. The van der Waals surface area contributed by atoms with E-state index in [-0.39, 0.29) is 19.0 Å². The lowest BCUT2D eigenvalue weighted by Gasteiger charge is -2.35. The Bertz CT molecular complexity index is 1190. The van der Waals surface area contributed by atoms with Gasteiger partial charge in [-0.3, -0.25) is 9.59 Å². The number of hydrogen-bond acceptors (Lipinski definition) is 4. The van der Waals surface area contributed by atoms with Crippen molar-refractivity contribution in [1.29, 1.82) is 0 Å². The fourth-order valence-corrected chi connectivity index (χ4v) is 6.19. The molecule has 0 saturated carbocycles. The molecule has 40 heavy (non-hydrogen) atoms. The van der Waals surface area contributed by atoms with Gasteiger partial charge in [0, 0.05) is 51.5 Å². The molecule has 2 heterocycles. The Morgan fingerprint density at radius 1 is 0.950 bits per heavy atom. The average Bonchev–Trinajstić information content (AvgIpc) is 3.17. The number of aliphatic hydroxyl groups is 1. The van der Waals surface area contributed by atoms with Gasteiger partial charge in [0.15, 0.2) is 0 Å². The molecule has 0 aromatic heterocycles. The molecule has 2 aromatic carbocycles. The Morgan fingerprint density at radius 3 is 2.17 bits per heavy atom. The van der Waals surface area contributed by atoms with Gasteiger partial charge in [-0.2, -0.15) is 13.2 Å². The van der Waals surface area contributed by atoms with Crippen LogP contribution in [0.2, 0.25) is 5.02 Å². The molecule has 2 atom stereocenters. The number of rotatable bonds is 6. The van der Waals surface area contributed by atoms with Crippen LogP contribution in [0.5, 0.6) is 0 Å². The van der Waals surface area contributed by atoms with Gasteiger partial charge in [-0.1, -0.05) is 41.9 Å². The normalized spacial score (nSPS) is 20.5. The van der Waals surface area contributed by atoms with Crippen molar-refractivity contribution >= 4 is 29.1 Å². The first-order chi connectivity index (χ1) is 18.9. The van der Waals surface area contributed by atoms with Crippen LogP contribution in [0.3, 0.4) is 0 Å². The van der Waals surface area contributed by atoms with E-state index in [0.717, 1.165) is 56.6 Å². The van der Waals surface area contributed by atoms with E-state index in [1.165, 1.54) is 21.9 Å². The first-order valence-electron chi connectivity index (χ1n) is 13.8. The standard InChI is InChI=1S/C30H37ClF3N3O3/c1-35(2)27(38)25-11-10-24(20-26(25)31)36-16-12-22(13-17-36)19-21-7-6-15-37(18-14-21)28(39)29(40,30(32,33)34)23-8-4-3-5-9-23/h3-5,8-11,20-22,40H,6-7,12-19H2,1-2H3. The van der Waals surface area contributed by atoms with Gasteiger partial charge < -0.3 is 19.8 Å². The molecule has 10 heteroatoms. The number of benzene rings is 2. The third-order valence-electron chi connectivity index (χ3n) is 8.28. The minimum atomic E-state index is -5.13. The Morgan fingerprint density at radius 2 is 1.57 bits per heavy atom. The smallest absolute Gasteiger partial charge is 0.371 e. The highest BCUT2D eigenvalue weighted by Crippen LogP contribution is 2.41. The van der Waals surface area contributed by atoms with Crippen molar-refractivity contribution in [2.75, 3.05) is 45.2 Å². The molecule has 2 aliphatic rings. The summed E-state index contributed by atoms with van der Waals surface area (Å²) in [5.41, 5.74) is -2.55. The number of anilines is 1. The Labute approximate surface area is 238 Å². The maximum Gasteiger partial charge on any atom is 0.430 e. The zero-order valence-electron chi connectivity index (χ0n) is 23.0. The molecular formula is C30H37ClF3N3O3. The van der Waals surface area contributed by atoms with Gasteiger partial charge in [0.2, 0.25) is 0 Å². The number of halogens is 4. The largest absolute Gasteiger partial charge is 0.430 e. The lowest BCUT2D eigenvalue weighted by atomic mass is 9.84. The van der Waals surface area contributed by atoms with E-state index in [1.807, 2.05) is 12.1 Å². The number of likely N-dealkylation sites (tertiary alicyclic amines) is 1. The molecule has 2 fully saturated rings. The predicted molar refractivity (Wildman–Crippen MR) is 149 cm³/mol. The van der Waals surface area contributed by atoms with Crippen LogP contribution in [0.15, 0.2) is 48.5 Å². The quantitative estimate of drug-likeness (QED) is 0.475. The molecule has 0 spiro atoms. The van der Waals surface area contributed by atoms with Crippen molar-refractivity contribution in [3.63, 3.8) is 0 Å². The number of alkyl halides is 3. The number of nitrogens with zero attached hydrogens (tertiary/aromatic N) is 3. The first kappa shape index (κ1) is 30.2. The van der Waals surface area contributed by atoms with Gasteiger partial charge in [0.25, 0.3) is 17.4 Å². The number of amides is 2. The molecule has 2 aromatic rings. The zero-order valence-corrected chi connectivity index (χ0v) is 23.7. The van der Waals surface area contributed by atoms with E-state index < -0.39 is 23.2 Å². The summed E-state index contributed by atoms with van der Waals surface area (Å²) in [5, 5.41) is 11.1. The monoisotopic (exact) mass is 579 g/mol. The summed E-state index contributed by atoms with van der Waals surface area (Å²) in [6.07, 6.45) is -0.127. The molecule has 2 saturated heterocycles. The van der Waals surface area contributed by atoms with E-state index in [2.05, 4.69) is 4.90 Å². The van der Waals surface area contributed by atoms with Crippen molar-refractivity contribution in [2.24, 2.45) is 11.8 Å². The van der Waals surface area contributed by atoms with Crippen molar-refractivity contribution < 1.29 is 27.9 Å². The summed E-state index contributed by atoms with van der Waals surface area (Å²) < 4.78 is 42.1. The van der Waals surface area contributed by atoms with Crippen molar-refractivity contribution in [3.8, 4) is 0 Å². The molecular weight excluding hydrogens is 543 g/mol.